The molecule has 142 valence electrons. The van der Waals surface area contributed by atoms with E-state index in [1.165, 1.54) is 0 Å². The molecule has 1 aromatic heterocycles. The number of carbonyl (C=O) groups excluding carboxylic acids is 2. The van der Waals surface area contributed by atoms with Gasteiger partial charge in [-0.15, -0.1) is 0 Å². The Bertz CT molecular complexity index is 777. The summed E-state index contributed by atoms with van der Waals surface area (Å²) in [6, 6.07) is 14.6. The zero-order valence-corrected chi connectivity index (χ0v) is 15.9. The van der Waals surface area contributed by atoms with Crippen LogP contribution in [0.25, 0.3) is 0 Å². The number of carbonyl (C=O) groups is 2. The van der Waals surface area contributed by atoms with Gasteiger partial charge in [-0.2, -0.15) is 0 Å². The van der Waals surface area contributed by atoms with Gasteiger partial charge in [-0.05, 0) is 30.7 Å². The molecule has 0 radical (unpaired) electrons. The van der Waals surface area contributed by atoms with Gasteiger partial charge in [0.1, 0.15) is 11.0 Å². The normalized spacial score (nSPS) is 14.1. The summed E-state index contributed by atoms with van der Waals surface area (Å²) in [7, 11) is 0. The summed E-state index contributed by atoms with van der Waals surface area (Å²) in [4.78, 5) is 32.7. The van der Waals surface area contributed by atoms with E-state index in [0.29, 0.717) is 43.2 Å². The first-order valence-electron chi connectivity index (χ1n) is 9.12. The number of nitrogens with zero attached hydrogens (tertiary/aromatic N) is 3. The molecule has 2 aromatic rings. The highest BCUT2D eigenvalue weighted by molar-refractivity contribution is 6.29. The van der Waals surface area contributed by atoms with E-state index in [2.05, 4.69) is 15.2 Å². The molecule has 7 heteroatoms. The van der Waals surface area contributed by atoms with Gasteiger partial charge in [0.25, 0.3) is 5.91 Å². The summed E-state index contributed by atoms with van der Waals surface area (Å²) in [5.41, 5.74) is 0.634. The van der Waals surface area contributed by atoms with Crippen molar-refractivity contribution in [2.75, 3.05) is 37.6 Å². The van der Waals surface area contributed by atoms with Gasteiger partial charge in [0.15, 0.2) is 0 Å². The number of piperazine rings is 1. The number of rotatable bonds is 6. The maximum Gasteiger partial charge on any atom is 0.251 e. The lowest BCUT2D eigenvalue weighted by Crippen LogP contribution is -2.49. The predicted octanol–water partition coefficient (Wildman–Crippen LogP) is 2.59. The van der Waals surface area contributed by atoms with Gasteiger partial charge < -0.3 is 15.1 Å². The van der Waals surface area contributed by atoms with Crippen molar-refractivity contribution in [3.63, 3.8) is 0 Å². The molecule has 2 amide bonds. The van der Waals surface area contributed by atoms with Crippen LogP contribution >= 0.6 is 11.6 Å². The highest BCUT2D eigenvalue weighted by atomic mass is 35.5. The molecule has 1 N–H and O–H groups in total. The van der Waals surface area contributed by atoms with Gasteiger partial charge in [-0.25, -0.2) is 4.98 Å². The minimum absolute atomic E-state index is 0.106. The van der Waals surface area contributed by atoms with Crippen LogP contribution in [0.15, 0.2) is 48.5 Å². The third-order valence-corrected chi connectivity index (χ3v) is 4.76. The summed E-state index contributed by atoms with van der Waals surface area (Å²) >= 11 is 5.94. The number of halogens is 1. The molecule has 6 nitrogen and oxygen atoms in total. The smallest absolute Gasteiger partial charge is 0.251 e. The Morgan fingerprint density at radius 1 is 1.00 bits per heavy atom. The average Bonchev–Trinajstić information content (AvgIpc) is 2.71. The van der Waals surface area contributed by atoms with E-state index in [-0.39, 0.29) is 11.8 Å². The Hall–Kier alpha value is -2.60. The zero-order chi connectivity index (χ0) is 19.1. The third kappa shape index (κ3) is 5.44. The highest BCUT2D eigenvalue weighted by Crippen LogP contribution is 2.16. The van der Waals surface area contributed by atoms with E-state index in [9.17, 15) is 9.59 Å². The maximum atomic E-state index is 12.4. The minimum atomic E-state index is -0.106. The molecule has 0 unspecified atom stereocenters. The van der Waals surface area contributed by atoms with Crippen LogP contribution in [-0.4, -0.2) is 54.4 Å². The van der Waals surface area contributed by atoms with Gasteiger partial charge in [0, 0.05) is 44.7 Å². The van der Waals surface area contributed by atoms with Crippen molar-refractivity contribution in [1.82, 2.24) is 15.2 Å². The van der Waals surface area contributed by atoms with Crippen molar-refractivity contribution >= 4 is 29.2 Å². The van der Waals surface area contributed by atoms with Gasteiger partial charge in [-0.3, -0.25) is 9.59 Å². The molecule has 0 bridgehead atoms. The van der Waals surface area contributed by atoms with E-state index in [1.54, 1.807) is 18.2 Å². The topological polar surface area (TPSA) is 65.5 Å². The summed E-state index contributed by atoms with van der Waals surface area (Å²) in [5, 5.41) is 3.33. The summed E-state index contributed by atoms with van der Waals surface area (Å²) in [6.07, 6.45) is 1.07. The number of benzene rings is 1. The molecule has 1 aliphatic heterocycles. The molecule has 0 aliphatic carbocycles. The molecule has 0 atom stereocenters. The van der Waals surface area contributed by atoms with E-state index in [0.717, 1.165) is 18.9 Å². The van der Waals surface area contributed by atoms with E-state index in [1.807, 2.05) is 35.2 Å². The Morgan fingerprint density at radius 2 is 1.74 bits per heavy atom. The van der Waals surface area contributed by atoms with Crippen LogP contribution < -0.4 is 10.2 Å². The van der Waals surface area contributed by atoms with Crippen LogP contribution in [-0.2, 0) is 4.79 Å². The fraction of sp³-hybridized carbons (Fsp3) is 0.350. The molecule has 27 heavy (non-hydrogen) atoms. The molecule has 1 aliphatic rings. The Balaban J connectivity index is 1.37. The van der Waals surface area contributed by atoms with Gasteiger partial charge in [-0.1, -0.05) is 35.9 Å². The van der Waals surface area contributed by atoms with E-state index in [4.69, 9.17) is 11.6 Å². The van der Waals surface area contributed by atoms with E-state index < -0.39 is 0 Å². The molecule has 0 saturated carbocycles. The molecule has 3 rings (SSSR count). The quantitative estimate of drug-likeness (QED) is 0.612. The first kappa shape index (κ1) is 19.2. The van der Waals surface area contributed by atoms with Crippen LogP contribution in [0.5, 0.6) is 0 Å². The predicted molar refractivity (Wildman–Crippen MR) is 106 cm³/mol. The molecule has 1 fully saturated rings. The highest BCUT2D eigenvalue weighted by Gasteiger charge is 2.21. The monoisotopic (exact) mass is 386 g/mol. The van der Waals surface area contributed by atoms with Crippen LogP contribution in [0.2, 0.25) is 5.15 Å². The lowest BCUT2D eigenvalue weighted by Gasteiger charge is -2.35. The second kappa shape index (κ2) is 9.37. The first-order valence-corrected chi connectivity index (χ1v) is 9.50. The number of hydrogen-bond acceptors (Lipinski definition) is 4. The van der Waals surface area contributed by atoms with Crippen molar-refractivity contribution in [1.29, 1.82) is 0 Å². The average molecular weight is 387 g/mol. The fourth-order valence-corrected chi connectivity index (χ4v) is 3.21. The second-order valence-electron chi connectivity index (χ2n) is 6.41. The standard InChI is InChI=1S/C20H23ClN4O2/c21-17-8-4-9-18(23-17)24-12-14-25(15-13-24)19(26)10-5-11-22-20(27)16-6-2-1-3-7-16/h1-4,6-9H,5,10-15H2,(H,22,27). The SMILES string of the molecule is O=C(NCCCC(=O)N1CCN(c2cccc(Cl)n2)CC1)c1ccccc1. The second-order valence-corrected chi connectivity index (χ2v) is 6.80. The number of pyridine rings is 1. The lowest BCUT2D eigenvalue weighted by molar-refractivity contribution is -0.131. The number of aromatic nitrogens is 1. The number of hydrogen-bond donors (Lipinski definition) is 1. The minimum Gasteiger partial charge on any atom is -0.353 e. The molecule has 1 aromatic carbocycles. The summed E-state index contributed by atoms with van der Waals surface area (Å²) in [5.74, 6) is 0.867. The Kier molecular flexibility index (Phi) is 6.65. The van der Waals surface area contributed by atoms with Crippen molar-refractivity contribution in [2.45, 2.75) is 12.8 Å². The van der Waals surface area contributed by atoms with E-state index >= 15 is 0 Å². The lowest BCUT2D eigenvalue weighted by atomic mass is 10.2. The van der Waals surface area contributed by atoms with Crippen LogP contribution in [0.4, 0.5) is 5.82 Å². The molecular weight excluding hydrogens is 364 g/mol. The fourth-order valence-electron chi connectivity index (χ4n) is 3.05. The number of amides is 2. The van der Waals surface area contributed by atoms with Crippen LogP contribution in [0.1, 0.15) is 23.2 Å². The molecular formula is C20H23ClN4O2. The molecule has 2 heterocycles. The van der Waals surface area contributed by atoms with Crippen molar-refractivity contribution in [3.05, 3.63) is 59.2 Å². The Labute approximate surface area is 164 Å². The molecule has 1 saturated heterocycles. The third-order valence-electron chi connectivity index (χ3n) is 4.55. The van der Waals surface area contributed by atoms with Gasteiger partial charge in [0.05, 0.1) is 0 Å². The van der Waals surface area contributed by atoms with Crippen molar-refractivity contribution in [2.24, 2.45) is 0 Å². The van der Waals surface area contributed by atoms with Gasteiger partial charge >= 0.3 is 0 Å². The van der Waals surface area contributed by atoms with Crippen molar-refractivity contribution < 1.29 is 9.59 Å². The first-order chi connectivity index (χ1) is 13.1. The largest absolute Gasteiger partial charge is 0.353 e. The summed E-state index contributed by atoms with van der Waals surface area (Å²) < 4.78 is 0. The Morgan fingerprint density at radius 3 is 2.44 bits per heavy atom. The molecule has 0 spiro atoms. The zero-order valence-electron chi connectivity index (χ0n) is 15.1. The van der Waals surface area contributed by atoms with Crippen molar-refractivity contribution in [3.8, 4) is 0 Å². The summed E-state index contributed by atoms with van der Waals surface area (Å²) in [6.45, 7) is 3.31. The number of nitrogens with one attached hydrogen (secondary N) is 1. The maximum absolute atomic E-state index is 12.4. The number of anilines is 1. The van der Waals surface area contributed by atoms with Gasteiger partial charge in [0.2, 0.25) is 5.91 Å². The van der Waals surface area contributed by atoms with Crippen LogP contribution in [0, 0.1) is 0 Å². The van der Waals surface area contributed by atoms with Crippen LogP contribution in [0.3, 0.4) is 0 Å².